The minimum Gasteiger partial charge on any atom is -0.383 e. The van der Waals surface area contributed by atoms with Crippen molar-refractivity contribution >= 4 is 11.6 Å². The largest absolute Gasteiger partial charge is 0.383 e. The summed E-state index contributed by atoms with van der Waals surface area (Å²) in [5.74, 6) is 0.00872. The van der Waals surface area contributed by atoms with Gasteiger partial charge >= 0.3 is 0 Å². The SMILES string of the molecule is COCCNCC(=O)NCC(C)N(C)c1ccccc1. The fraction of sp³-hybridized carbons (Fsp3) is 0.533. The molecule has 112 valence electrons. The molecule has 0 aromatic heterocycles. The van der Waals surface area contributed by atoms with Crippen LogP contribution >= 0.6 is 0 Å². The minimum absolute atomic E-state index is 0.00872. The number of anilines is 1. The van der Waals surface area contributed by atoms with Crippen LogP contribution in [0.2, 0.25) is 0 Å². The summed E-state index contributed by atoms with van der Waals surface area (Å²) in [5, 5.41) is 5.95. The molecule has 20 heavy (non-hydrogen) atoms. The van der Waals surface area contributed by atoms with E-state index >= 15 is 0 Å². The zero-order chi connectivity index (χ0) is 14.8. The van der Waals surface area contributed by atoms with Crippen molar-refractivity contribution in [1.82, 2.24) is 10.6 Å². The first-order valence-corrected chi connectivity index (χ1v) is 6.89. The molecule has 0 heterocycles. The first-order valence-electron chi connectivity index (χ1n) is 6.89. The van der Waals surface area contributed by atoms with Crippen LogP contribution in [-0.2, 0) is 9.53 Å². The Morgan fingerprint density at radius 3 is 2.70 bits per heavy atom. The van der Waals surface area contributed by atoms with Crippen molar-refractivity contribution in [3.63, 3.8) is 0 Å². The van der Waals surface area contributed by atoms with E-state index in [0.717, 1.165) is 5.69 Å². The van der Waals surface area contributed by atoms with Crippen LogP contribution in [0.25, 0.3) is 0 Å². The number of benzene rings is 1. The number of nitrogens with one attached hydrogen (secondary N) is 2. The second kappa shape index (κ2) is 9.34. The Labute approximate surface area is 121 Å². The third kappa shape index (κ3) is 6.04. The van der Waals surface area contributed by atoms with E-state index in [0.29, 0.717) is 26.2 Å². The number of carbonyl (C=O) groups is 1. The molecule has 0 spiro atoms. The Balaban J connectivity index is 2.25. The Morgan fingerprint density at radius 2 is 2.05 bits per heavy atom. The van der Waals surface area contributed by atoms with Gasteiger partial charge in [0.05, 0.1) is 13.2 Å². The van der Waals surface area contributed by atoms with Crippen molar-refractivity contribution in [2.24, 2.45) is 0 Å². The monoisotopic (exact) mass is 279 g/mol. The maximum absolute atomic E-state index is 11.6. The first-order chi connectivity index (χ1) is 9.65. The molecule has 0 aliphatic heterocycles. The van der Waals surface area contributed by atoms with Gasteiger partial charge in [0.25, 0.3) is 0 Å². The average molecular weight is 279 g/mol. The highest BCUT2D eigenvalue weighted by Gasteiger charge is 2.10. The molecule has 1 amide bonds. The maximum atomic E-state index is 11.6. The second-order valence-electron chi connectivity index (χ2n) is 4.77. The highest BCUT2D eigenvalue weighted by atomic mass is 16.5. The predicted molar refractivity (Wildman–Crippen MR) is 82.1 cm³/mol. The van der Waals surface area contributed by atoms with Gasteiger partial charge < -0.3 is 20.3 Å². The van der Waals surface area contributed by atoms with E-state index in [4.69, 9.17) is 4.74 Å². The molecule has 1 aromatic carbocycles. The van der Waals surface area contributed by atoms with E-state index in [2.05, 4.69) is 34.6 Å². The molecular formula is C15H25N3O2. The van der Waals surface area contributed by atoms with Gasteiger partial charge in [0.15, 0.2) is 0 Å². The van der Waals surface area contributed by atoms with Crippen molar-refractivity contribution in [2.45, 2.75) is 13.0 Å². The lowest BCUT2D eigenvalue weighted by Crippen LogP contribution is -2.43. The summed E-state index contributed by atoms with van der Waals surface area (Å²) in [7, 11) is 3.67. The smallest absolute Gasteiger partial charge is 0.234 e. The van der Waals surface area contributed by atoms with Crippen LogP contribution in [0.15, 0.2) is 30.3 Å². The van der Waals surface area contributed by atoms with Crippen molar-refractivity contribution in [2.75, 3.05) is 45.3 Å². The molecule has 0 bridgehead atoms. The summed E-state index contributed by atoms with van der Waals surface area (Å²) in [4.78, 5) is 13.8. The van der Waals surface area contributed by atoms with Gasteiger partial charge in [-0.05, 0) is 19.1 Å². The van der Waals surface area contributed by atoms with E-state index in [-0.39, 0.29) is 11.9 Å². The third-order valence-electron chi connectivity index (χ3n) is 3.19. The zero-order valence-corrected chi connectivity index (χ0v) is 12.6. The van der Waals surface area contributed by atoms with Gasteiger partial charge in [0.2, 0.25) is 5.91 Å². The predicted octanol–water partition coefficient (Wildman–Crippen LogP) is 0.864. The number of hydrogen-bond donors (Lipinski definition) is 2. The molecule has 5 nitrogen and oxygen atoms in total. The molecule has 1 rings (SSSR count). The van der Waals surface area contributed by atoms with Gasteiger partial charge in [-0.3, -0.25) is 4.79 Å². The summed E-state index contributed by atoms with van der Waals surface area (Å²) in [6, 6.07) is 10.4. The number of hydrogen-bond acceptors (Lipinski definition) is 4. The molecule has 1 aromatic rings. The Hall–Kier alpha value is -1.59. The van der Waals surface area contributed by atoms with Gasteiger partial charge in [-0.2, -0.15) is 0 Å². The molecule has 0 saturated heterocycles. The molecule has 0 aliphatic carbocycles. The Bertz CT molecular complexity index is 384. The topological polar surface area (TPSA) is 53.6 Å². The van der Waals surface area contributed by atoms with Crippen molar-refractivity contribution < 1.29 is 9.53 Å². The molecule has 5 heteroatoms. The lowest BCUT2D eigenvalue weighted by Gasteiger charge is -2.27. The van der Waals surface area contributed by atoms with E-state index in [1.54, 1.807) is 7.11 Å². The first kappa shape index (κ1) is 16.5. The third-order valence-corrected chi connectivity index (χ3v) is 3.19. The number of carbonyl (C=O) groups excluding carboxylic acids is 1. The molecule has 0 saturated carbocycles. The zero-order valence-electron chi connectivity index (χ0n) is 12.6. The number of para-hydroxylation sites is 1. The summed E-state index contributed by atoms with van der Waals surface area (Å²) in [5.41, 5.74) is 1.15. The summed E-state index contributed by atoms with van der Waals surface area (Å²) in [6.07, 6.45) is 0. The van der Waals surface area contributed by atoms with Crippen LogP contribution in [-0.4, -0.2) is 52.3 Å². The van der Waals surface area contributed by atoms with Crippen molar-refractivity contribution in [3.8, 4) is 0 Å². The number of amides is 1. The lowest BCUT2D eigenvalue weighted by atomic mass is 10.2. The van der Waals surface area contributed by atoms with Gasteiger partial charge in [-0.1, -0.05) is 18.2 Å². The van der Waals surface area contributed by atoms with Gasteiger partial charge in [0.1, 0.15) is 0 Å². The molecule has 0 aliphatic rings. The number of nitrogens with zero attached hydrogens (tertiary/aromatic N) is 1. The molecular weight excluding hydrogens is 254 g/mol. The quantitative estimate of drug-likeness (QED) is 0.659. The molecule has 0 radical (unpaired) electrons. The average Bonchev–Trinajstić information content (AvgIpc) is 2.49. The lowest BCUT2D eigenvalue weighted by molar-refractivity contribution is -0.120. The fourth-order valence-corrected chi connectivity index (χ4v) is 1.75. The molecule has 0 fully saturated rings. The Kier molecular flexibility index (Phi) is 7.69. The van der Waals surface area contributed by atoms with Crippen molar-refractivity contribution in [1.29, 1.82) is 0 Å². The van der Waals surface area contributed by atoms with Crippen LogP contribution in [0.5, 0.6) is 0 Å². The van der Waals surface area contributed by atoms with E-state index in [1.807, 2.05) is 25.2 Å². The minimum atomic E-state index is 0.00872. The van der Waals surface area contributed by atoms with Crippen LogP contribution < -0.4 is 15.5 Å². The summed E-state index contributed by atoms with van der Waals surface area (Å²) < 4.78 is 4.90. The maximum Gasteiger partial charge on any atom is 0.234 e. The van der Waals surface area contributed by atoms with Crippen LogP contribution in [0.1, 0.15) is 6.92 Å². The van der Waals surface area contributed by atoms with Gasteiger partial charge in [-0.15, -0.1) is 0 Å². The highest BCUT2D eigenvalue weighted by Crippen LogP contribution is 2.13. The van der Waals surface area contributed by atoms with Crippen molar-refractivity contribution in [3.05, 3.63) is 30.3 Å². The normalized spacial score (nSPS) is 11.9. The van der Waals surface area contributed by atoms with Crippen LogP contribution in [0.4, 0.5) is 5.69 Å². The van der Waals surface area contributed by atoms with Gasteiger partial charge in [0, 0.05) is 39.0 Å². The highest BCUT2D eigenvalue weighted by molar-refractivity contribution is 5.78. The van der Waals surface area contributed by atoms with E-state index in [1.165, 1.54) is 0 Å². The number of rotatable bonds is 9. The van der Waals surface area contributed by atoms with Crippen LogP contribution in [0, 0.1) is 0 Å². The van der Waals surface area contributed by atoms with Gasteiger partial charge in [-0.25, -0.2) is 0 Å². The number of methoxy groups -OCH3 is 1. The Morgan fingerprint density at radius 1 is 1.35 bits per heavy atom. The number of ether oxygens (including phenoxy) is 1. The van der Waals surface area contributed by atoms with E-state index in [9.17, 15) is 4.79 Å². The molecule has 1 atom stereocenters. The summed E-state index contributed by atoms with van der Waals surface area (Å²) >= 11 is 0. The van der Waals surface area contributed by atoms with Crippen LogP contribution in [0.3, 0.4) is 0 Å². The van der Waals surface area contributed by atoms with E-state index < -0.39 is 0 Å². The molecule has 2 N–H and O–H groups in total. The fourth-order valence-electron chi connectivity index (χ4n) is 1.75. The standard InChI is InChI=1S/C15H25N3O2/c1-13(18(2)14-7-5-4-6-8-14)11-17-15(19)12-16-9-10-20-3/h4-8,13,16H,9-12H2,1-3H3,(H,17,19). The molecule has 1 unspecified atom stereocenters. The summed E-state index contributed by atoms with van der Waals surface area (Å²) in [6.45, 7) is 4.33. The second-order valence-corrected chi connectivity index (χ2v) is 4.77. The number of likely N-dealkylation sites (N-methyl/N-ethyl adjacent to an activating group) is 1.